The van der Waals surface area contributed by atoms with Crippen LogP contribution in [0.5, 0.6) is 0 Å². The maximum absolute atomic E-state index is 12.0. The number of anilines is 1. The van der Waals surface area contributed by atoms with Crippen molar-refractivity contribution in [2.75, 3.05) is 18.0 Å². The highest BCUT2D eigenvalue weighted by atomic mass is 16.2. The third-order valence-electron chi connectivity index (χ3n) is 3.83. The highest BCUT2D eigenvalue weighted by Crippen LogP contribution is 2.21. The molecule has 1 aliphatic rings. The maximum atomic E-state index is 12.0. The van der Waals surface area contributed by atoms with Crippen molar-refractivity contribution in [2.45, 2.75) is 39.3 Å². The number of hydrogen-bond donors (Lipinski definition) is 1. The van der Waals surface area contributed by atoms with E-state index in [9.17, 15) is 4.79 Å². The van der Waals surface area contributed by atoms with E-state index in [2.05, 4.69) is 23.7 Å². The van der Waals surface area contributed by atoms with Crippen LogP contribution in [0.15, 0.2) is 18.3 Å². The first-order valence-corrected chi connectivity index (χ1v) is 7.18. The molecule has 0 spiro atoms. The average Bonchev–Trinajstić information content (AvgIpc) is 2.46. The molecule has 0 unspecified atom stereocenters. The van der Waals surface area contributed by atoms with Gasteiger partial charge in [0, 0.05) is 37.8 Å². The van der Waals surface area contributed by atoms with Gasteiger partial charge in [0.25, 0.3) is 0 Å². The van der Waals surface area contributed by atoms with Crippen LogP contribution in [0.1, 0.15) is 27.2 Å². The van der Waals surface area contributed by atoms with E-state index >= 15 is 0 Å². The molecule has 0 aliphatic carbocycles. The van der Waals surface area contributed by atoms with Gasteiger partial charge in [-0.2, -0.15) is 0 Å². The fraction of sp³-hybridized carbons (Fsp3) is 0.571. The van der Waals surface area contributed by atoms with Crippen LogP contribution >= 0.6 is 0 Å². The smallest absolute Gasteiger partial charge is 0.306 e. The lowest BCUT2D eigenvalue weighted by Crippen LogP contribution is -2.58. The molecule has 2 atom stereocenters. The zero-order chi connectivity index (χ0) is 14.7. The quantitative estimate of drug-likeness (QED) is 0.782. The largest absolute Gasteiger partial charge is 0.449 e. The fourth-order valence-corrected chi connectivity index (χ4v) is 2.88. The molecule has 0 radical (unpaired) electrons. The fourth-order valence-electron chi connectivity index (χ4n) is 2.88. The second kappa shape index (κ2) is 6.26. The Labute approximate surface area is 120 Å². The van der Waals surface area contributed by atoms with Crippen LogP contribution in [0.4, 0.5) is 5.82 Å². The summed E-state index contributed by atoms with van der Waals surface area (Å²) in [6.07, 6.45) is 2.26. The molecule has 1 saturated heterocycles. The molecule has 0 bridgehead atoms. The Balaban J connectivity index is 2.11. The van der Waals surface area contributed by atoms with E-state index in [1.807, 2.05) is 24.0 Å². The van der Waals surface area contributed by atoms with Crippen molar-refractivity contribution in [3.05, 3.63) is 18.3 Å². The number of aromatic nitrogens is 1. The van der Waals surface area contributed by atoms with Crippen LogP contribution in [-0.2, 0) is 4.79 Å². The van der Waals surface area contributed by atoms with Crippen molar-refractivity contribution in [1.82, 2.24) is 9.88 Å². The van der Waals surface area contributed by atoms with E-state index in [-0.39, 0.29) is 25.5 Å². The van der Waals surface area contributed by atoms with Gasteiger partial charge in [-0.05, 0) is 25.4 Å². The predicted molar refractivity (Wildman–Crippen MR) is 81.5 cm³/mol. The highest BCUT2D eigenvalue weighted by Gasteiger charge is 2.32. The molecule has 2 heterocycles. The first-order valence-electron chi connectivity index (χ1n) is 7.18. The van der Waals surface area contributed by atoms with Crippen LogP contribution in [0, 0.1) is 0 Å². The molecule has 0 saturated carbocycles. The van der Waals surface area contributed by atoms with E-state index in [0.717, 1.165) is 24.4 Å². The van der Waals surface area contributed by atoms with Gasteiger partial charge in [-0.25, -0.2) is 4.98 Å². The van der Waals surface area contributed by atoms with Gasteiger partial charge < -0.3 is 14.8 Å². The molecule has 6 heteroatoms. The van der Waals surface area contributed by atoms with E-state index < -0.39 is 0 Å². The molecule has 1 aliphatic heterocycles. The normalized spacial score (nSPS) is 22.8. The lowest BCUT2D eigenvalue weighted by molar-refractivity contribution is -0.135. The SMILES string of the molecule is CCC(=O)N1[C@H](C)CN(c2ccc(BO)cn2)C[C@@H]1C. The molecular weight excluding hydrogens is 253 g/mol. The molecule has 108 valence electrons. The predicted octanol–water partition coefficient (Wildman–Crippen LogP) is -0.114. The van der Waals surface area contributed by atoms with E-state index in [4.69, 9.17) is 5.02 Å². The van der Waals surface area contributed by atoms with E-state index in [1.54, 1.807) is 6.20 Å². The lowest BCUT2D eigenvalue weighted by atomic mass is 9.91. The Bertz CT molecular complexity index is 454. The third kappa shape index (κ3) is 2.95. The zero-order valence-electron chi connectivity index (χ0n) is 12.4. The molecular formula is C14H22BN3O2. The summed E-state index contributed by atoms with van der Waals surface area (Å²) >= 11 is 0. The van der Waals surface area contributed by atoms with Crippen molar-refractivity contribution in [3.63, 3.8) is 0 Å². The van der Waals surface area contributed by atoms with Crippen molar-refractivity contribution in [3.8, 4) is 0 Å². The summed E-state index contributed by atoms with van der Waals surface area (Å²) in [6, 6.07) is 4.19. The Hall–Kier alpha value is -1.56. The summed E-state index contributed by atoms with van der Waals surface area (Å²) in [5.41, 5.74) is 0.814. The molecule has 20 heavy (non-hydrogen) atoms. The van der Waals surface area contributed by atoms with Gasteiger partial charge in [0.15, 0.2) is 0 Å². The Morgan fingerprint density at radius 1 is 1.40 bits per heavy atom. The lowest BCUT2D eigenvalue weighted by Gasteiger charge is -2.45. The van der Waals surface area contributed by atoms with Gasteiger partial charge in [0.05, 0.1) is 0 Å². The highest BCUT2D eigenvalue weighted by molar-refractivity contribution is 6.45. The first-order chi connectivity index (χ1) is 9.56. The third-order valence-corrected chi connectivity index (χ3v) is 3.83. The number of carbonyl (C=O) groups excluding carboxylic acids is 1. The van der Waals surface area contributed by atoms with Crippen LogP contribution in [0.25, 0.3) is 0 Å². The molecule has 2 rings (SSSR count). The van der Waals surface area contributed by atoms with Crippen molar-refractivity contribution >= 4 is 24.7 Å². The molecule has 0 aromatic carbocycles. The minimum Gasteiger partial charge on any atom is -0.449 e. The van der Waals surface area contributed by atoms with E-state index in [1.165, 1.54) is 0 Å². The molecule has 1 aromatic rings. The van der Waals surface area contributed by atoms with Crippen LogP contribution in [-0.4, -0.2) is 53.5 Å². The van der Waals surface area contributed by atoms with Gasteiger partial charge in [-0.15, -0.1) is 0 Å². The Morgan fingerprint density at radius 3 is 2.50 bits per heavy atom. The average molecular weight is 275 g/mol. The summed E-state index contributed by atoms with van der Waals surface area (Å²) in [4.78, 5) is 20.6. The number of rotatable bonds is 3. The van der Waals surface area contributed by atoms with Gasteiger partial charge in [0.1, 0.15) is 5.82 Å². The summed E-state index contributed by atoms with van der Waals surface area (Å²) in [5, 5.41) is 9.05. The number of nitrogens with zero attached hydrogens (tertiary/aromatic N) is 3. The minimum atomic E-state index is 0.0128. The Morgan fingerprint density at radius 2 is 2.05 bits per heavy atom. The molecule has 1 N–H and O–H groups in total. The summed E-state index contributed by atoms with van der Waals surface area (Å²) in [5.74, 6) is 1.12. The van der Waals surface area contributed by atoms with E-state index in [0.29, 0.717) is 6.42 Å². The van der Waals surface area contributed by atoms with Gasteiger partial charge in [0.2, 0.25) is 5.91 Å². The summed E-state index contributed by atoms with van der Waals surface area (Å²) in [7, 11) is 0.0128. The van der Waals surface area contributed by atoms with Crippen molar-refractivity contribution < 1.29 is 9.82 Å². The molecule has 5 nitrogen and oxygen atoms in total. The van der Waals surface area contributed by atoms with Crippen LogP contribution in [0.2, 0.25) is 0 Å². The Kier molecular flexibility index (Phi) is 4.65. The second-order valence-electron chi connectivity index (χ2n) is 5.44. The van der Waals surface area contributed by atoms with Crippen molar-refractivity contribution in [1.29, 1.82) is 0 Å². The minimum absolute atomic E-state index is 0.0128. The van der Waals surface area contributed by atoms with Gasteiger partial charge >= 0.3 is 7.48 Å². The van der Waals surface area contributed by atoms with Gasteiger partial charge in [-0.3, -0.25) is 4.79 Å². The van der Waals surface area contributed by atoms with Crippen LogP contribution in [0.3, 0.4) is 0 Å². The topological polar surface area (TPSA) is 56.7 Å². The molecule has 1 fully saturated rings. The number of piperazine rings is 1. The summed E-state index contributed by atoms with van der Waals surface area (Å²) in [6.45, 7) is 7.66. The van der Waals surface area contributed by atoms with Crippen molar-refractivity contribution in [2.24, 2.45) is 0 Å². The standard InChI is InChI=1S/C14H22BN3O2/c1-4-14(19)18-10(2)8-17(9-11(18)3)13-6-5-12(15-20)7-16-13/h5-7,10-11,15,20H,4,8-9H2,1-3H3/t10-,11+. The molecule has 1 amide bonds. The monoisotopic (exact) mass is 275 g/mol. The first kappa shape index (κ1) is 14.8. The number of amides is 1. The number of carbonyl (C=O) groups is 1. The zero-order valence-corrected chi connectivity index (χ0v) is 12.4. The number of hydrogen-bond acceptors (Lipinski definition) is 4. The second-order valence-corrected chi connectivity index (χ2v) is 5.44. The van der Waals surface area contributed by atoms with Gasteiger partial charge in [-0.1, -0.05) is 13.0 Å². The summed E-state index contributed by atoms with van der Waals surface area (Å²) < 4.78 is 0. The number of pyridine rings is 1. The molecule has 1 aromatic heterocycles. The maximum Gasteiger partial charge on any atom is 0.306 e. The van der Waals surface area contributed by atoms with Crippen LogP contribution < -0.4 is 10.4 Å².